The van der Waals surface area contributed by atoms with E-state index in [0.29, 0.717) is 24.0 Å². The minimum atomic E-state index is -1.12. The third-order valence-corrected chi connectivity index (χ3v) is 12.6. The van der Waals surface area contributed by atoms with Gasteiger partial charge in [-0.05, 0) is 121 Å². The van der Waals surface area contributed by atoms with Gasteiger partial charge < -0.3 is 10.1 Å². The van der Waals surface area contributed by atoms with E-state index in [2.05, 4.69) is 95.7 Å². The second-order valence-electron chi connectivity index (χ2n) is 8.10. The van der Waals surface area contributed by atoms with Crippen LogP contribution in [0.3, 0.4) is 0 Å². The predicted octanol–water partition coefficient (Wildman–Crippen LogP) is 5.61. The van der Waals surface area contributed by atoms with Crippen LogP contribution in [-0.4, -0.2) is 41.2 Å². The lowest BCUT2D eigenvalue weighted by atomic mass is 10.0. The lowest BCUT2D eigenvalue weighted by Crippen LogP contribution is -2.47. The first kappa shape index (κ1) is 28.0. The first-order valence-corrected chi connectivity index (χ1v) is 14.5. The number of para-hydroxylation sites is 1. The zero-order valence-electron chi connectivity index (χ0n) is 18.4. The molecule has 3 rings (SSSR count). The quantitative estimate of drug-likeness (QED) is 0.129. The third-order valence-electron chi connectivity index (χ3n) is 5.18. The van der Waals surface area contributed by atoms with Crippen LogP contribution < -0.4 is 5.32 Å². The highest BCUT2D eigenvalue weighted by Gasteiger charge is 2.47. The molecule has 0 fully saturated rings. The maximum absolute atomic E-state index is 13.4. The van der Waals surface area contributed by atoms with Crippen molar-refractivity contribution in [3.8, 4) is 0 Å². The molecule has 0 saturated heterocycles. The molecule has 1 heterocycles. The van der Waals surface area contributed by atoms with Crippen molar-refractivity contribution >= 4 is 120 Å². The topological polar surface area (TPSA) is 92.8 Å². The summed E-state index contributed by atoms with van der Waals surface area (Å²) < 4.78 is 8.45. The Morgan fingerprint density at radius 2 is 1.47 bits per heavy atom. The van der Waals surface area contributed by atoms with Gasteiger partial charge in [0.05, 0.1) is 11.1 Å². The monoisotopic (exact) mass is 912 g/mol. The highest BCUT2D eigenvalue weighted by atomic mass is 127. The standard InChI is InChI=1S/C23H20I4N2O5/c1-10(2)8-13(23(33)34-9-14(30)28-12-7-5-4-6-11(12)3)29-21(31)15-16(22(29)32)18(25)20(27)19(26)17(15)24/h4-7,10,13H,8-9H2,1-3H3,(H,28,30)/t13-/m1/s1. The molecule has 1 N–H and O–H groups in total. The van der Waals surface area contributed by atoms with Crippen molar-refractivity contribution in [2.24, 2.45) is 5.92 Å². The number of fused-ring (bicyclic) bond motifs is 1. The molecular weight excluding hydrogens is 892 g/mol. The summed E-state index contributed by atoms with van der Waals surface area (Å²) in [4.78, 5) is 53.2. The summed E-state index contributed by atoms with van der Waals surface area (Å²) in [5.74, 6) is -2.30. The van der Waals surface area contributed by atoms with E-state index in [1.807, 2.05) is 32.9 Å². The average molecular weight is 912 g/mol. The minimum absolute atomic E-state index is 0.000994. The fourth-order valence-corrected chi connectivity index (χ4v) is 7.19. The van der Waals surface area contributed by atoms with E-state index in [0.717, 1.165) is 17.6 Å². The fourth-order valence-electron chi connectivity index (χ4n) is 3.54. The number of nitrogens with one attached hydrogen (secondary N) is 1. The van der Waals surface area contributed by atoms with Crippen LogP contribution in [0.4, 0.5) is 5.69 Å². The largest absolute Gasteiger partial charge is 0.454 e. The number of ether oxygens (including phenoxy) is 1. The van der Waals surface area contributed by atoms with Crippen molar-refractivity contribution in [1.29, 1.82) is 0 Å². The molecule has 0 radical (unpaired) electrons. The van der Waals surface area contributed by atoms with E-state index in [1.54, 1.807) is 12.1 Å². The average Bonchev–Trinajstić information content (AvgIpc) is 3.04. The van der Waals surface area contributed by atoms with Gasteiger partial charge in [0.25, 0.3) is 17.7 Å². The summed E-state index contributed by atoms with van der Waals surface area (Å²) in [6, 6.07) is 6.13. The number of carbonyl (C=O) groups excluding carboxylic acids is 4. The molecule has 0 aliphatic carbocycles. The molecule has 180 valence electrons. The maximum atomic E-state index is 13.4. The molecule has 0 saturated carbocycles. The number of nitrogens with zero attached hydrogens (tertiary/aromatic N) is 1. The van der Waals surface area contributed by atoms with Crippen LogP contribution in [0.15, 0.2) is 24.3 Å². The Morgan fingerprint density at radius 1 is 0.941 bits per heavy atom. The summed E-state index contributed by atoms with van der Waals surface area (Å²) in [5, 5.41) is 2.71. The summed E-state index contributed by atoms with van der Waals surface area (Å²) in [7, 11) is 0. The number of esters is 1. The zero-order chi connectivity index (χ0) is 25.3. The number of hydrogen-bond acceptors (Lipinski definition) is 5. The number of imide groups is 1. The Kier molecular flexibility index (Phi) is 9.61. The molecular formula is C23H20I4N2O5. The Bertz CT molecular complexity index is 1150. The lowest BCUT2D eigenvalue weighted by Gasteiger charge is -2.26. The number of amides is 3. The molecule has 34 heavy (non-hydrogen) atoms. The summed E-state index contributed by atoms with van der Waals surface area (Å²) in [6.07, 6.45) is 0.227. The van der Waals surface area contributed by atoms with E-state index in [-0.39, 0.29) is 12.3 Å². The SMILES string of the molecule is Cc1ccccc1NC(=O)COC(=O)[C@@H](CC(C)C)N1C(=O)c2c(I)c(I)c(I)c(I)c2C1=O. The van der Waals surface area contributed by atoms with Gasteiger partial charge >= 0.3 is 5.97 Å². The molecule has 1 aliphatic heterocycles. The number of benzene rings is 2. The van der Waals surface area contributed by atoms with Gasteiger partial charge in [0, 0.05) is 20.0 Å². The molecule has 0 unspecified atom stereocenters. The van der Waals surface area contributed by atoms with Gasteiger partial charge in [-0.1, -0.05) is 32.0 Å². The second kappa shape index (κ2) is 11.7. The van der Waals surface area contributed by atoms with E-state index in [9.17, 15) is 19.2 Å². The van der Waals surface area contributed by atoms with Crippen LogP contribution in [-0.2, 0) is 14.3 Å². The van der Waals surface area contributed by atoms with Crippen LogP contribution >= 0.6 is 90.4 Å². The molecule has 0 aromatic heterocycles. The number of rotatable bonds is 7. The smallest absolute Gasteiger partial charge is 0.329 e. The van der Waals surface area contributed by atoms with Crippen molar-refractivity contribution in [3.05, 3.63) is 55.2 Å². The van der Waals surface area contributed by atoms with E-state index < -0.39 is 36.3 Å². The molecule has 2 aromatic carbocycles. The number of carbonyl (C=O) groups is 4. The Morgan fingerprint density at radius 3 is 1.97 bits per heavy atom. The normalized spacial score (nSPS) is 13.8. The molecule has 2 aromatic rings. The van der Waals surface area contributed by atoms with Crippen LogP contribution in [0.2, 0.25) is 0 Å². The highest BCUT2D eigenvalue weighted by molar-refractivity contribution is 14.1. The van der Waals surface area contributed by atoms with Gasteiger partial charge in [-0.25, -0.2) is 4.79 Å². The maximum Gasteiger partial charge on any atom is 0.329 e. The molecule has 0 spiro atoms. The molecule has 11 heteroatoms. The number of halogens is 4. The molecule has 0 bridgehead atoms. The van der Waals surface area contributed by atoms with Gasteiger partial charge in [-0.15, -0.1) is 0 Å². The lowest BCUT2D eigenvalue weighted by molar-refractivity contribution is -0.151. The van der Waals surface area contributed by atoms with Crippen molar-refractivity contribution in [2.75, 3.05) is 11.9 Å². The van der Waals surface area contributed by atoms with Crippen molar-refractivity contribution in [1.82, 2.24) is 4.90 Å². The highest BCUT2D eigenvalue weighted by Crippen LogP contribution is 2.38. The molecule has 3 amide bonds. The fraction of sp³-hybridized carbons (Fsp3) is 0.304. The zero-order valence-corrected chi connectivity index (χ0v) is 27.0. The molecule has 1 aliphatic rings. The van der Waals surface area contributed by atoms with Gasteiger partial charge in [-0.2, -0.15) is 0 Å². The molecule has 1 atom stereocenters. The van der Waals surface area contributed by atoms with Gasteiger partial charge in [-0.3, -0.25) is 19.3 Å². The van der Waals surface area contributed by atoms with Gasteiger partial charge in [0.15, 0.2) is 6.61 Å². The van der Waals surface area contributed by atoms with Crippen LogP contribution in [0, 0.1) is 27.1 Å². The number of aryl methyl sites for hydroxylation is 1. The first-order valence-electron chi connectivity index (χ1n) is 10.2. The number of anilines is 1. The van der Waals surface area contributed by atoms with E-state index >= 15 is 0 Å². The Balaban J connectivity index is 1.83. The third kappa shape index (κ3) is 5.71. The number of hydrogen-bond donors (Lipinski definition) is 1. The summed E-state index contributed by atoms with van der Waals surface area (Å²) in [5.41, 5.74) is 2.13. The summed E-state index contributed by atoms with van der Waals surface area (Å²) in [6.45, 7) is 5.12. The van der Waals surface area contributed by atoms with Crippen molar-refractivity contribution in [3.63, 3.8) is 0 Å². The van der Waals surface area contributed by atoms with E-state index in [1.165, 1.54) is 0 Å². The first-order chi connectivity index (χ1) is 16.0. The Labute approximate surface area is 252 Å². The van der Waals surface area contributed by atoms with Crippen LogP contribution in [0.25, 0.3) is 0 Å². The van der Waals surface area contributed by atoms with Gasteiger partial charge in [0.1, 0.15) is 6.04 Å². The van der Waals surface area contributed by atoms with Gasteiger partial charge in [0.2, 0.25) is 0 Å². The molecule has 7 nitrogen and oxygen atoms in total. The summed E-state index contributed by atoms with van der Waals surface area (Å²) >= 11 is 8.45. The van der Waals surface area contributed by atoms with Crippen molar-refractivity contribution < 1.29 is 23.9 Å². The predicted molar refractivity (Wildman–Crippen MR) is 162 cm³/mol. The minimum Gasteiger partial charge on any atom is -0.454 e. The second-order valence-corrected chi connectivity index (χ2v) is 12.4. The van der Waals surface area contributed by atoms with Crippen LogP contribution in [0.1, 0.15) is 46.5 Å². The van der Waals surface area contributed by atoms with Crippen molar-refractivity contribution in [2.45, 2.75) is 33.2 Å². The Hall–Kier alpha value is -0.560. The van der Waals surface area contributed by atoms with E-state index in [4.69, 9.17) is 4.74 Å². The van der Waals surface area contributed by atoms with Crippen LogP contribution in [0.5, 0.6) is 0 Å².